The molecule has 0 aliphatic heterocycles. The highest BCUT2D eigenvalue weighted by atomic mass is 32.2. The van der Waals surface area contributed by atoms with E-state index in [1.54, 1.807) is 6.20 Å². The summed E-state index contributed by atoms with van der Waals surface area (Å²) < 4.78 is 26.5. The third kappa shape index (κ3) is 3.26. The lowest BCUT2D eigenvalue weighted by atomic mass is 10.3. The monoisotopic (exact) mass is 297 g/mol. The molecule has 0 amide bonds. The Kier molecular flexibility index (Phi) is 4.24. The Bertz CT molecular complexity index is 687. The number of hydrogen-bond acceptors (Lipinski definition) is 4. The summed E-state index contributed by atoms with van der Waals surface area (Å²) in [5, 5.41) is 5.06. The van der Waals surface area contributed by atoms with Gasteiger partial charge >= 0.3 is 0 Å². The minimum Gasteiger partial charge on any atom is -0.338 e. The van der Waals surface area contributed by atoms with E-state index in [-0.39, 0.29) is 5.03 Å². The molecule has 0 unspecified atom stereocenters. The van der Waals surface area contributed by atoms with E-state index in [4.69, 9.17) is 5.14 Å². The van der Waals surface area contributed by atoms with Crippen molar-refractivity contribution < 1.29 is 8.42 Å². The molecule has 7 nitrogen and oxygen atoms in total. The van der Waals surface area contributed by atoms with E-state index in [0.717, 1.165) is 24.5 Å². The van der Waals surface area contributed by atoms with Crippen molar-refractivity contribution in [3.8, 4) is 0 Å². The van der Waals surface area contributed by atoms with Crippen molar-refractivity contribution in [2.45, 2.75) is 37.8 Å². The average molecular weight is 297 g/mol. The summed E-state index contributed by atoms with van der Waals surface area (Å²) in [4.78, 5) is 8.36. The van der Waals surface area contributed by atoms with Crippen LogP contribution in [-0.2, 0) is 36.5 Å². The molecule has 2 aromatic rings. The molecule has 20 heavy (non-hydrogen) atoms. The normalized spacial score (nSPS) is 11.9. The highest BCUT2D eigenvalue weighted by Gasteiger charge is 2.16. The Labute approximate surface area is 118 Å². The smallest absolute Gasteiger partial charge is 0.257 e. The molecule has 0 radical (unpaired) electrons. The SMILES string of the molecule is CCCc1nc(S(N)(=O)=O)cn1CCc1nccn1C. The first-order valence-electron chi connectivity index (χ1n) is 6.47. The first kappa shape index (κ1) is 14.7. The van der Waals surface area contributed by atoms with Gasteiger partial charge in [-0.2, -0.15) is 0 Å². The Morgan fingerprint density at radius 2 is 2.05 bits per heavy atom. The molecule has 0 aliphatic carbocycles. The van der Waals surface area contributed by atoms with Gasteiger partial charge in [0.1, 0.15) is 11.6 Å². The van der Waals surface area contributed by atoms with Crippen molar-refractivity contribution >= 4 is 10.0 Å². The molecule has 8 heteroatoms. The van der Waals surface area contributed by atoms with E-state index in [1.165, 1.54) is 6.20 Å². The highest BCUT2D eigenvalue weighted by Crippen LogP contribution is 2.11. The maximum atomic E-state index is 11.4. The van der Waals surface area contributed by atoms with Crippen LogP contribution in [-0.4, -0.2) is 27.5 Å². The zero-order chi connectivity index (χ0) is 14.8. The van der Waals surface area contributed by atoms with Gasteiger partial charge < -0.3 is 9.13 Å². The summed E-state index contributed by atoms with van der Waals surface area (Å²) in [6.07, 6.45) is 7.45. The summed E-state index contributed by atoms with van der Waals surface area (Å²) in [6, 6.07) is 0. The number of nitrogens with two attached hydrogens (primary N) is 1. The van der Waals surface area contributed by atoms with Gasteiger partial charge in [0.25, 0.3) is 10.0 Å². The van der Waals surface area contributed by atoms with Crippen LogP contribution in [0.1, 0.15) is 25.0 Å². The van der Waals surface area contributed by atoms with Crippen LogP contribution in [0.2, 0.25) is 0 Å². The summed E-state index contributed by atoms with van der Waals surface area (Å²) in [5.41, 5.74) is 0. The van der Waals surface area contributed by atoms with Crippen LogP contribution >= 0.6 is 0 Å². The standard InChI is InChI=1S/C12H19N5O2S/c1-3-4-11-15-12(20(13,18)19)9-17(11)7-5-10-14-6-8-16(10)2/h6,8-9H,3-5,7H2,1-2H3,(H2,13,18,19). The fraction of sp³-hybridized carbons (Fsp3) is 0.500. The van der Waals surface area contributed by atoms with Crippen LogP contribution in [0.15, 0.2) is 23.6 Å². The maximum absolute atomic E-state index is 11.4. The topological polar surface area (TPSA) is 95.8 Å². The van der Waals surface area contributed by atoms with E-state index in [0.29, 0.717) is 13.0 Å². The second-order valence-electron chi connectivity index (χ2n) is 4.69. The van der Waals surface area contributed by atoms with Gasteiger partial charge in [-0.05, 0) is 6.42 Å². The molecule has 0 saturated heterocycles. The summed E-state index contributed by atoms with van der Waals surface area (Å²) >= 11 is 0. The van der Waals surface area contributed by atoms with E-state index >= 15 is 0 Å². The molecular formula is C12H19N5O2S. The Hall–Kier alpha value is -1.67. The Morgan fingerprint density at radius 3 is 2.60 bits per heavy atom. The molecule has 2 heterocycles. The van der Waals surface area contributed by atoms with Crippen LogP contribution < -0.4 is 5.14 Å². The predicted octanol–water partition coefficient (Wildman–Crippen LogP) is 0.459. The van der Waals surface area contributed by atoms with E-state index in [9.17, 15) is 8.42 Å². The number of imidazole rings is 2. The molecule has 0 saturated carbocycles. The van der Waals surface area contributed by atoms with Crippen molar-refractivity contribution in [1.29, 1.82) is 0 Å². The van der Waals surface area contributed by atoms with Gasteiger partial charge in [0.15, 0.2) is 5.03 Å². The fourth-order valence-corrected chi connectivity index (χ4v) is 2.55. The van der Waals surface area contributed by atoms with Crippen molar-refractivity contribution in [3.63, 3.8) is 0 Å². The van der Waals surface area contributed by atoms with Gasteiger partial charge in [-0.3, -0.25) is 0 Å². The molecule has 0 aliphatic rings. The summed E-state index contributed by atoms with van der Waals surface area (Å²) in [5.74, 6) is 1.68. The van der Waals surface area contributed by atoms with Crippen molar-refractivity contribution in [2.24, 2.45) is 12.2 Å². The molecule has 2 aromatic heterocycles. The first-order valence-corrected chi connectivity index (χ1v) is 8.01. The molecule has 2 N–H and O–H groups in total. The van der Waals surface area contributed by atoms with Gasteiger partial charge in [-0.1, -0.05) is 6.92 Å². The first-order chi connectivity index (χ1) is 9.41. The zero-order valence-electron chi connectivity index (χ0n) is 11.7. The molecule has 0 bridgehead atoms. The second-order valence-corrected chi connectivity index (χ2v) is 6.20. The molecule has 0 aromatic carbocycles. The molecular weight excluding hydrogens is 278 g/mol. The van der Waals surface area contributed by atoms with Crippen molar-refractivity contribution in [1.82, 2.24) is 19.1 Å². The maximum Gasteiger partial charge on any atom is 0.257 e. The molecule has 110 valence electrons. The average Bonchev–Trinajstić information content (AvgIpc) is 2.93. The Morgan fingerprint density at radius 1 is 1.30 bits per heavy atom. The number of primary sulfonamides is 1. The molecule has 0 atom stereocenters. The highest BCUT2D eigenvalue weighted by molar-refractivity contribution is 7.89. The van der Waals surface area contributed by atoms with Gasteiger partial charge in [0.05, 0.1) is 0 Å². The minimum atomic E-state index is -3.76. The lowest BCUT2D eigenvalue weighted by molar-refractivity contribution is 0.594. The van der Waals surface area contributed by atoms with Crippen LogP contribution in [0.5, 0.6) is 0 Å². The molecule has 0 fully saturated rings. The minimum absolute atomic E-state index is 0.0687. The third-order valence-corrected chi connectivity index (χ3v) is 3.88. The van der Waals surface area contributed by atoms with Crippen molar-refractivity contribution in [2.75, 3.05) is 0 Å². The number of aryl methyl sites for hydroxylation is 4. The summed E-state index contributed by atoms with van der Waals surface area (Å²) in [7, 11) is -1.83. The number of sulfonamides is 1. The van der Waals surface area contributed by atoms with Crippen LogP contribution in [0.4, 0.5) is 0 Å². The van der Waals surface area contributed by atoms with Crippen LogP contribution in [0, 0.1) is 0 Å². The quantitative estimate of drug-likeness (QED) is 0.837. The third-order valence-electron chi connectivity index (χ3n) is 3.10. The number of rotatable bonds is 6. The van der Waals surface area contributed by atoms with Gasteiger partial charge in [-0.25, -0.2) is 23.5 Å². The second kappa shape index (κ2) is 5.76. The van der Waals surface area contributed by atoms with Crippen molar-refractivity contribution in [3.05, 3.63) is 30.2 Å². The van der Waals surface area contributed by atoms with Gasteiger partial charge in [-0.15, -0.1) is 0 Å². The number of nitrogens with zero attached hydrogens (tertiary/aromatic N) is 4. The fourth-order valence-electron chi connectivity index (χ4n) is 2.04. The molecule has 0 spiro atoms. The number of aromatic nitrogens is 4. The van der Waals surface area contributed by atoms with E-state index < -0.39 is 10.0 Å². The Balaban J connectivity index is 2.21. The lowest BCUT2D eigenvalue weighted by Gasteiger charge is -2.06. The van der Waals surface area contributed by atoms with Crippen LogP contribution in [0.3, 0.4) is 0 Å². The van der Waals surface area contributed by atoms with E-state index in [2.05, 4.69) is 9.97 Å². The predicted molar refractivity (Wildman–Crippen MR) is 74.5 cm³/mol. The largest absolute Gasteiger partial charge is 0.338 e. The number of hydrogen-bond donors (Lipinski definition) is 1. The zero-order valence-corrected chi connectivity index (χ0v) is 12.5. The summed E-state index contributed by atoms with van der Waals surface area (Å²) in [6.45, 7) is 2.65. The van der Waals surface area contributed by atoms with Gasteiger partial charge in [0, 0.05) is 45.0 Å². The van der Waals surface area contributed by atoms with Gasteiger partial charge in [0.2, 0.25) is 0 Å². The van der Waals surface area contributed by atoms with Crippen LogP contribution in [0.25, 0.3) is 0 Å². The molecule has 2 rings (SSSR count). The lowest BCUT2D eigenvalue weighted by Crippen LogP contribution is -2.12. The van der Waals surface area contributed by atoms with E-state index in [1.807, 2.05) is 29.3 Å².